The molecule has 9 N–H and O–H groups in total. The van der Waals surface area contributed by atoms with E-state index in [0.29, 0.717) is 6.42 Å². The summed E-state index contributed by atoms with van der Waals surface area (Å²) in [6.45, 7) is 4.46. The predicted octanol–water partition coefficient (Wildman–Crippen LogP) is -0.860. The van der Waals surface area contributed by atoms with Crippen LogP contribution in [0.5, 0.6) is 0 Å². The van der Waals surface area contributed by atoms with Crippen molar-refractivity contribution in [3.63, 3.8) is 0 Å². The number of carboxylic acid groups (broad SMARTS) is 2. The molecule has 0 saturated heterocycles. The topological polar surface area (TPSA) is 197 Å². The zero-order valence-electron chi connectivity index (χ0n) is 17.9. The minimum absolute atomic E-state index is 0.0840. The van der Waals surface area contributed by atoms with Crippen molar-refractivity contribution >= 4 is 23.8 Å². The van der Waals surface area contributed by atoms with Crippen molar-refractivity contribution in [2.24, 2.45) is 11.5 Å². The van der Waals surface area contributed by atoms with Gasteiger partial charge in [0.05, 0.1) is 12.1 Å². The average molecular weight is 432 g/mol. The van der Waals surface area contributed by atoms with Gasteiger partial charge in [0.15, 0.2) is 0 Å². The Kier molecular flexibility index (Phi) is 14.4. The van der Waals surface area contributed by atoms with Crippen LogP contribution in [0.3, 0.4) is 0 Å². The quantitative estimate of drug-likeness (QED) is 0.143. The smallest absolute Gasteiger partial charge is 0.326 e. The van der Waals surface area contributed by atoms with Gasteiger partial charge < -0.3 is 37.6 Å². The molecule has 0 aromatic carbocycles. The summed E-state index contributed by atoms with van der Waals surface area (Å²) in [5.74, 6) is -3.30. The van der Waals surface area contributed by atoms with Gasteiger partial charge in [0.1, 0.15) is 6.04 Å². The van der Waals surface area contributed by atoms with E-state index in [0.717, 1.165) is 19.3 Å². The van der Waals surface area contributed by atoms with Crippen LogP contribution in [0.4, 0.5) is 0 Å². The molecule has 0 fully saturated rings. The van der Waals surface area contributed by atoms with Crippen molar-refractivity contribution < 1.29 is 29.4 Å². The minimum Gasteiger partial charge on any atom is -0.481 e. The zero-order valence-corrected chi connectivity index (χ0v) is 17.9. The van der Waals surface area contributed by atoms with E-state index in [1.54, 1.807) is 0 Å². The number of hydrogen-bond acceptors (Lipinski definition) is 7. The number of nitrogens with one attached hydrogen (secondary N) is 3. The Bertz CT molecular complexity index is 560. The second kappa shape index (κ2) is 15.6. The van der Waals surface area contributed by atoms with E-state index in [1.165, 1.54) is 0 Å². The standard InChI is InChI=1S/C19H37N5O6/c1-3-4-6-12(2)23-15(11-20)18(28)22-10-5-7-14(19(29)30)24-17(27)13(21)8-9-16(25)26/h12-15,23H,3-11,20-21H2,1-2H3,(H,22,28)(H,24,27)(H,25,26)(H,29,30)/t12?,13-,14?,15-/m0/s1. The lowest BCUT2D eigenvalue weighted by atomic mass is 10.1. The van der Waals surface area contributed by atoms with Crippen molar-refractivity contribution in [2.45, 2.75) is 83.0 Å². The molecule has 30 heavy (non-hydrogen) atoms. The van der Waals surface area contributed by atoms with E-state index in [-0.39, 0.29) is 44.3 Å². The van der Waals surface area contributed by atoms with Gasteiger partial charge in [-0.3, -0.25) is 14.4 Å². The van der Waals surface area contributed by atoms with Crippen molar-refractivity contribution in [1.29, 1.82) is 0 Å². The number of aliphatic carboxylic acids is 2. The lowest BCUT2D eigenvalue weighted by Crippen LogP contribution is -2.52. The fourth-order valence-electron chi connectivity index (χ4n) is 2.78. The number of hydrogen-bond donors (Lipinski definition) is 7. The first-order valence-electron chi connectivity index (χ1n) is 10.4. The average Bonchev–Trinajstić information content (AvgIpc) is 2.69. The van der Waals surface area contributed by atoms with Crippen LogP contribution in [-0.4, -0.2) is 71.2 Å². The van der Waals surface area contributed by atoms with Gasteiger partial charge in [0.25, 0.3) is 0 Å². The molecule has 2 amide bonds. The third kappa shape index (κ3) is 12.3. The molecule has 0 aliphatic rings. The largest absolute Gasteiger partial charge is 0.481 e. The molecule has 11 heteroatoms. The molecular formula is C19H37N5O6. The third-order valence-corrected chi connectivity index (χ3v) is 4.62. The Morgan fingerprint density at radius 3 is 2.17 bits per heavy atom. The molecule has 0 saturated carbocycles. The van der Waals surface area contributed by atoms with Crippen molar-refractivity contribution in [1.82, 2.24) is 16.0 Å². The Labute approximate surface area is 177 Å². The highest BCUT2D eigenvalue weighted by Crippen LogP contribution is 2.02. The highest BCUT2D eigenvalue weighted by molar-refractivity contribution is 5.87. The number of amides is 2. The summed E-state index contributed by atoms with van der Waals surface area (Å²) < 4.78 is 0. The third-order valence-electron chi connectivity index (χ3n) is 4.62. The van der Waals surface area contributed by atoms with Crippen LogP contribution in [-0.2, 0) is 19.2 Å². The Morgan fingerprint density at radius 1 is 0.967 bits per heavy atom. The summed E-state index contributed by atoms with van der Waals surface area (Å²) in [5, 5.41) is 26.1. The van der Waals surface area contributed by atoms with Crippen LogP contribution in [0.2, 0.25) is 0 Å². The maximum Gasteiger partial charge on any atom is 0.326 e. The van der Waals surface area contributed by atoms with E-state index < -0.39 is 36.0 Å². The number of carbonyl (C=O) groups excluding carboxylic acids is 2. The van der Waals surface area contributed by atoms with E-state index >= 15 is 0 Å². The molecule has 0 rings (SSSR count). The van der Waals surface area contributed by atoms with Gasteiger partial charge >= 0.3 is 11.9 Å². The van der Waals surface area contributed by atoms with Crippen LogP contribution < -0.4 is 27.4 Å². The molecule has 0 aliphatic carbocycles. The van der Waals surface area contributed by atoms with Crippen molar-refractivity contribution in [3.05, 3.63) is 0 Å². The molecule has 174 valence electrons. The summed E-state index contributed by atoms with van der Waals surface area (Å²) in [6, 6.07) is -2.66. The molecule has 0 radical (unpaired) electrons. The Hall–Kier alpha value is -2.24. The van der Waals surface area contributed by atoms with Gasteiger partial charge in [-0.15, -0.1) is 0 Å². The summed E-state index contributed by atoms with van der Waals surface area (Å²) >= 11 is 0. The van der Waals surface area contributed by atoms with Gasteiger partial charge in [0.2, 0.25) is 11.8 Å². The van der Waals surface area contributed by atoms with Crippen molar-refractivity contribution in [3.8, 4) is 0 Å². The first-order valence-corrected chi connectivity index (χ1v) is 10.4. The van der Waals surface area contributed by atoms with E-state index in [9.17, 15) is 24.3 Å². The van der Waals surface area contributed by atoms with Crippen LogP contribution in [0.15, 0.2) is 0 Å². The molecule has 0 aromatic heterocycles. The fraction of sp³-hybridized carbons (Fsp3) is 0.789. The maximum absolute atomic E-state index is 12.3. The van der Waals surface area contributed by atoms with Crippen LogP contribution >= 0.6 is 0 Å². The Morgan fingerprint density at radius 2 is 1.63 bits per heavy atom. The molecule has 0 aliphatic heterocycles. The monoisotopic (exact) mass is 431 g/mol. The molecule has 2 unspecified atom stereocenters. The lowest BCUT2D eigenvalue weighted by Gasteiger charge is -2.22. The van der Waals surface area contributed by atoms with E-state index in [2.05, 4.69) is 22.9 Å². The normalized spacial score (nSPS) is 14.9. The van der Waals surface area contributed by atoms with E-state index in [1.807, 2.05) is 6.92 Å². The van der Waals surface area contributed by atoms with Gasteiger partial charge in [-0.2, -0.15) is 0 Å². The maximum atomic E-state index is 12.3. The lowest BCUT2D eigenvalue weighted by molar-refractivity contribution is -0.142. The van der Waals surface area contributed by atoms with Crippen molar-refractivity contribution in [2.75, 3.05) is 13.1 Å². The van der Waals surface area contributed by atoms with Crippen LogP contribution in [0.1, 0.15) is 58.8 Å². The van der Waals surface area contributed by atoms with E-state index in [4.69, 9.17) is 16.6 Å². The summed E-state index contributed by atoms with van der Waals surface area (Å²) in [4.78, 5) is 46.1. The molecule has 4 atom stereocenters. The van der Waals surface area contributed by atoms with Crippen LogP contribution in [0.25, 0.3) is 0 Å². The highest BCUT2D eigenvalue weighted by atomic mass is 16.4. The molecule has 0 aromatic rings. The number of unbranched alkanes of at least 4 members (excludes halogenated alkanes) is 1. The molecule has 0 spiro atoms. The summed E-state index contributed by atoms with van der Waals surface area (Å²) in [5.41, 5.74) is 11.3. The first kappa shape index (κ1) is 27.8. The minimum atomic E-state index is -1.23. The van der Waals surface area contributed by atoms with Gasteiger partial charge in [-0.1, -0.05) is 19.8 Å². The van der Waals surface area contributed by atoms with Crippen LogP contribution in [0, 0.1) is 0 Å². The summed E-state index contributed by atoms with van der Waals surface area (Å²) in [6.07, 6.45) is 3.08. The molecule has 11 nitrogen and oxygen atoms in total. The SMILES string of the molecule is CCCCC(C)N[C@@H](CN)C(=O)NCCCC(NC(=O)[C@@H](N)CCC(=O)O)C(=O)O. The summed E-state index contributed by atoms with van der Waals surface area (Å²) in [7, 11) is 0. The fourth-order valence-corrected chi connectivity index (χ4v) is 2.78. The molecular weight excluding hydrogens is 394 g/mol. The number of nitrogens with two attached hydrogens (primary N) is 2. The number of carboxylic acids is 2. The second-order valence-electron chi connectivity index (χ2n) is 7.37. The van der Waals surface area contributed by atoms with Gasteiger partial charge in [-0.25, -0.2) is 4.79 Å². The number of rotatable bonds is 17. The zero-order chi connectivity index (χ0) is 23.1. The first-order chi connectivity index (χ1) is 14.1. The van der Waals surface area contributed by atoms with Gasteiger partial charge in [0, 0.05) is 25.6 Å². The number of carbonyl (C=O) groups is 4. The Balaban J connectivity index is 4.39. The predicted molar refractivity (Wildman–Crippen MR) is 112 cm³/mol. The second-order valence-corrected chi connectivity index (χ2v) is 7.37. The molecule has 0 heterocycles. The molecule has 0 bridgehead atoms. The highest BCUT2D eigenvalue weighted by Gasteiger charge is 2.24. The van der Waals surface area contributed by atoms with Gasteiger partial charge in [-0.05, 0) is 32.6 Å².